The fourth-order valence-corrected chi connectivity index (χ4v) is 5.44. The van der Waals surface area contributed by atoms with Gasteiger partial charge in [0.05, 0.1) is 37.0 Å². The van der Waals surface area contributed by atoms with Crippen LogP contribution in [-0.2, 0) is 11.3 Å². The first kappa shape index (κ1) is 22.7. The van der Waals surface area contributed by atoms with Crippen molar-refractivity contribution >= 4 is 33.2 Å². The van der Waals surface area contributed by atoms with Crippen LogP contribution >= 0.6 is 11.3 Å². The zero-order chi connectivity index (χ0) is 24.9. The molecule has 1 saturated heterocycles. The molecule has 1 N–H and O–H groups in total. The minimum atomic E-state index is -1.00. The molecule has 0 spiro atoms. The number of benzene rings is 1. The summed E-state index contributed by atoms with van der Waals surface area (Å²) in [6.45, 7) is 1.50. The number of thiophene rings is 1. The average molecular weight is 498 g/mol. The minimum absolute atomic E-state index is 0.0499. The lowest BCUT2D eigenvalue weighted by molar-refractivity contribution is -0.122. The van der Waals surface area contributed by atoms with Crippen LogP contribution in [0.4, 0.5) is 4.39 Å². The Hall–Kier alpha value is -4.13. The van der Waals surface area contributed by atoms with Gasteiger partial charge in [0.15, 0.2) is 5.78 Å². The monoisotopic (exact) mass is 498 g/mol. The summed E-state index contributed by atoms with van der Waals surface area (Å²) in [6, 6.07) is 2.50. The number of hydrogen-bond acceptors (Lipinski definition) is 8. The number of aromatic nitrogens is 5. The highest BCUT2D eigenvalue weighted by Crippen LogP contribution is 2.31. The number of Topliss-reactive ketones (excluding diaryl/α,β-unsaturated/α-hetero) is 1. The average Bonchev–Trinajstić information content (AvgIpc) is 3.58. The van der Waals surface area contributed by atoms with E-state index in [1.807, 2.05) is 0 Å². The van der Waals surface area contributed by atoms with Crippen molar-refractivity contribution in [1.82, 2.24) is 29.4 Å². The summed E-state index contributed by atoms with van der Waals surface area (Å²) in [6.07, 6.45) is 3.19. The molecule has 3 aromatic heterocycles. The highest BCUT2D eigenvalue weighted by atomic mass is 32.1. The van der Waals surface area contributed by atoms with Crippen molar-refractivity contribution in [2.75, 3.05) is 13.7 Å². The van der Waals surface area contributed by atoms with Crippen LogP contribution < -0.4 is 21.3 Å². The molecular weight excluding hydrogens is 479 g/mol. The maximum atomic E-state index is 13.9. The van der Waals surface area contributed by atoms with Gasteiger partial charge in [-0.05, 0) is 31.5 Å². The number of amides is 1. The Labute approximate surface area is 200 Å². The summed E-state index contributed by atoms with van der Waals surface area (Å²) in [5.74, 6) is -1.54. The number of nitrogens with one attached hydrogen (secondary N) is 1. The molecule has 1 amide bonds. The van der Waals surface area contributed by atoms with Crippen LogP contribution in [0.1, 0.15) is 28.4 Å². The van der Waals surface area contributed by atoms with Crippen LogP contribution in [0, 0.1) is 12.7 Å². The SMILES string of the molecule is COc1ccc(F)cc1C(=O)Cn1c(=O)n([C@H]2CCNC2=O)c(=O)c2c(C)c(-n3nccn3)sc21. The lowest BCUT2D eigenvalue weighted by atomic mass is 10.1. The van der Waals surface area contributed by atoms with Crippen LogP contribution in [0.25, 0.3) is 15.2 Å². The second-order valence-corrected chi connectivity index (χ2v) is 8.92. The molecule has 1 atom stereocenters. The predicted molar refractivity (Wildman–Crippen MR) is 124 cm³/mol. The Morgan fingerprint density at radius 2 is 2.00 bits per heavy atom. The molecule has 180 valence electrons. The van der Waals surface area contributed by atoms with Crippen molar-refractivity contribution in [2.45, 2.75) is 25.9 Å². The van der Waals surface area contributed by atoms with Crippen LogP contribution in [0.3, 0.4) is 0 Å². The molecule has 0 aliphatic carbocycles. The standard InChI is InChI=1S/C22H19FN6O5S/c1-11-17-19(32)28(14-5-6-24-18(14)31)22(33)27(21(17)35-20(11)29-25-7-8-26-29)10-15(30)13-9-12(23)3-4-16(13)34-2/h3-4,7-9,14H,5-6,10H2,1-2H3,(H,24,31)/t14-/m0/s1. The number of aryl methyl sites for hydroxylation is 1. The van der Waals surface area contributed by atoms with Gasteiger partial charge >= 0.3 is 5.69 Å². The Bertz CT molecular complexity index is 1600. The van der Waals surface area contributed by atoms with E-state index in [1.165, 1.54) is 30.4 Å². The zero-order valence-corrected chi connectivity index (χ0v) is 19.5. The van der Waals surface area contributed by atoms with E-state index < -0.39 is 41.3 Å². The van der Waals surface area contributed by atoms with E-state index in [0.717, 1.165) is 32.6 Å². The summed E-state index contributed by atoms with van der Waals surface area (Å²) in [7, 11) is 1.35. The third-order valence-electron chi connectivity index (χ3n) is 5.91. The fourth-order valence-electron chi connectivity index (χ4n) is 4.23. The number of ketones is 1. The third kappa shape index (κ3) is 3.64. The molecular formula is C22H19FN6O5S. The number of methoxy groups -OCH3 is 1. The molecule has 0 bridgehead atoms. The van der Waals surface area contributed by atoms with Crippen molar-refractivity contribution in [3.05, 3.63) is 68.4 Å². The van der Waals surface area contributed by atoms with Crippen LogP contribution in [-0.4, -0.2) is 49.5 Å². The summed E-state index contributed by atoms with van der Waals surface area (Å²) >= 11 is 1.07. The number of nitrogens with zero attached hydrogens (tertiary/aromatic N) is 5. The first-order chi connectivity index (χ1) is 16.8. The Morgan fingerprint density at radius 1 is 1.26 bits per heavy atom. The van der Waals surface area contributed by atoms with Gasteiger partial charge in [-0.15, -0.1) is 4.80 Å². The summed E-state index contributed by atoms with van der Waals surface area (Å²) in [5, 5.41) is 11.5. The van der Waals surface area contributed by atoms with Crippen molar-refractivity contribution in [2.24, 2.45) is 0 Å². The van der Waals surface area contributed by atoms with Crippen LogP contribution in [0.15, 0.2) is 40.2 Å². The maximum Gasteiger partial charge on any atom is 0.333 e. The quantitative estimate of drug-likeness (QED) is 0.396. The molecule has 0 radical (unpaired) electrons. The summed E-state index contributed by atoms with van der Waals surface area (Å²) < 4.78 is 21.1. The van der Waals surface area contributed by atoms with Crippen LogP contribution in [0.5, 0.6) is 5.75 Å². The molecule has 1 aliphatic heterocycles. The van der Waals surface area contributed by atoms with E-state index in [4.69, 9.17) is 4.74 Å². The van der Waals surface area contributed by atoms with Gasteiger partial charge in [0, 0.05) is 12.1 Å². The van der Waals surface area contributed by atoms with Gasteiger partial charge in [0.2, 0.25) is 5.91 Å². The second kappa shape index (κ2) is 8.58. The van der Waals surface area contributed by atoms with Gasteiger partial charge in [-0.2, -0.15) is 10.2 Å². The van der Waals surface area contributed by atoms with Crippen molar-refractivity contribution < 1.29 is 18.7 Å². The molecule has 0 saturated carbocycles. The number of hydrogen-bond donors (Lipinski definition) is 1. The number of ether oxygens (including phenoxy) is 1. The number of halogens is 1. The minimum Gasteiger partial charge on any atom is -0.496 e. The number of carbonyl (C=O) groups is 2. The van der Waals surface area contributed by atoms with Gasteiger partial charge in [-0.1, -0.05) is 11.3 Å². The zero-order valence-electron chi connectivity index (χ0n) is 18.6. The van der Waals surface area contributed by atoms with E-state index in [0.29, 0.717) is 17.1 Å². The molecule has 11 nitrogen and oxygen atoms in total. The first-order valence-corrected chi connectivity index (χ1v) is 11.4. The Balaban J connectivity index is 1.76. The molecule has 13 heteroatoms. The molecule has 1 aromatic carbocycles. The van der Waals surface area contributed by atoms with Crippen molar-refractivity contribution in [1.29, 1.82) is 0 Å². The van der Waals surface area contributed by atoms with E-state index in [9.17, 15) is 23.6 Å². The largest absolute Gasteiger partial charge is 0.496 e. The first-order valence-electron chi connectivity index (χ1n) is 10.6. The van der Waals surface area contributed by atoms with E-state index >= 15 is 0 Å². The molecule has 0 unspecified atom stereocenters. The third-order valence-corrected chi connectivity index (χ3v) is 7.19. The molecule has 1 aliphatic rings. The normalized spacial score (nSPS) is 15.5. The molecule has 35 heavy (non-hydrogen) atoms. The lowest BCUT2D eigenvalue weighted by Gasteiger charge is -2.15. The van der Waals surface area contributed by atoms with Gasteiger partial charge in [-0.25, -0.2) is 13.8 Å². The smallest absolute Gasteiger partial charge is 0.333 e. The van der Waals surface area contributed by atoms with Crippen LogP contribution in [0.2, 0.25) is 0 Å². The highest BCUT2D eigenvalue weighted by Gasteiger charge is 2.32. The highest BCUT2D eigenvalue weighted by molar-refractivity contribution is 7.21. The van der Waals surface area contributed by atoms with E-state index in [2.05, 4.69) is 15.5 Å². The van der Waals surface area contributed by atoms with Gasteiger partial charge in [0.25, 0.3) is 5.56 Å². The number of rotatable bonds is 6. The summed E-state index contributed by atoms with van der Waals surface area (Å²) in [5.41, 5.74) is -0.991. The van der Waals surface area contributed by atoms with Gasteiger partial charge in [-0.3, -0.25) is 19.0 Å². The van der Waals surface area contributed by atoms with Gasteiger partial charge < -0.3 is 10.1 Å². The summed E-state index contributed by atoms with van der Waals surface area (Å²) in [4.78, 5) is 54.3. The topological polar surface area (TPSA) is 130 Å². The second-order valence-electron chi connectivity index (χ2n) is 7.94. The fraction of sp³-hybridized carbons (Fsp3) is 0.273. The maximum absolute atomic E-state index is 13.9. The Morgan fingerprint density at radius 3 is 2.66 bits per heavy atom. The van der Waals surface area contributed by atoms with Gasteiger partial charge in [0.1, 0.15) is 27.4 Å². The number of carbonyl (C=O) groups excluding carboxylic acids is 2. The van der Waals surface area contributed by atoms with E-state index in [-0.39, 0.29) is 28.0 Å². The van der Waals surface area contributed by atoms with Crippen molar-refractivity contribution in [3.8, 4) is 10.8 Å². The van der Waals surface area contributed by atoms with Crippen molar-refractivity contribution in [3.63, 3.8) is 0 Å². The molecule has 4 heterocycles. The molecule has 1 fully saturated rings. The Kier molecular flexibility index (Phi) is 5.55. The molecule has 4 aromatic rings. The molecule has 5 rings (SSSR count). The number of fused-ring (bicyclic) bond motifs is 1. The predicted octanol–water partition coefficient (Wildman–Crippen LogP) is 1.21. The lowest BCUT2D eigenvalue weighted by Crippen LogP contribution is -2.44. The van der Waals surface area contributed by atoms with E-state index in [1.54, 1.807) is 6.92 Å².